The van der Waals surface area contributed by atoms with Crippen LogP contribution in [0, 0.1) is 17.8 Å². The molecule has 2 bridgehead atoms. The van der Waals surface area contributed by atoms with Crippen molar-refractivity contribution >= 4 is 23.1 Å². The Morgan fingerprint density at radius 3 is 3.05 bits per heavy atom. The Labute approximate surface area is 124 Å². The molecule has 104 valence electrons. The molecule has 5 rings (SSSR count). The Balaban J connectivity index is 1.71. The average Bonchev–Trinajstić information content (AvgIpc) is 3.19. The van der Waals surface area contributed by atoms with E-state index >= 15 is 0 Å². The van der Waals surface area contributed by atoms with Crippen molar-refractivity contribution in [2.75, 3.05) is 0 Å². The van der Waals surface area contributed by atoms with Gasteiger partial charge >= 0.3 is 4.87 Å². The summed E-state index contributed by atoms with van der Waals surface area (Å²) in [6.07, 6.45) is 5.86. The van der Waals surface area contributed by atoms with Crippen molar-refractivity contribution in [1.82, 2.24) is 4.98 Å². The van der Waals surface area contributed by atoms with E-state index < -0.39 is 0 Å². The van der Waals surface area contributed by atoms with Crippen LogP contribution < -0.4 is 4.87 Å². The summed E-state index contributed by atoms with van der Waals surface area (Å²) in [4.78, 5) is 16.1. The minimum atomic E-state index is 0.0753. The fourth-order valence-corrected chi connectivity index (χ4v) is 7.51. The van der Waals surface area contributed by atoms with Crippen LogP contribution in [0.4, 0.5) is 0 Å². The van der Waals surface area contributed by atoms with E-state index in [2.05, 4.69) is 11.1 Å². The third kappa shape index (κ3) is 1.45. The molecule has 0 amide bonds. The molecule has 2 saturated carbocycles. The lowest BCUT2D eigenvalue weighted by Gasteiger charge is -2.38. The lowest BCUT2D eigenvalue weighted by atomic mass is 9.77. The highest BCUT2D eigenvalue weighted by Crippen LogP contribution is 2.63. The first-order valence-electron chi connectivity index (χ1n) is 7.24. The van der Waals surface area contributed by atoms with Crippen LogP contribution in [0.25, 0.3) is 0 Å². The predicted octanol–water partition coefficient (Wildman–Crippen LogP) is 3.68. The van der Waals surface area contributed by atoms with Crippen LogP contribution in [0.2, 0.25) is 0 Å². The maximum Gasteiger partial charge on any atom is 0.305 e. The van der Waals surface area contributed by atoms with Gasteiger partial charge < -0.3 is 9.40 Å². The van der Waals surface area contributed by atoms with Gasteiger partial charge in [0.1, 0.15) is 5.76 Å². The van der Waals surface area contributed by atoms with Gasteiger partial charge in [0.2, 0.25) is 0 Å². The summed E-state index contributed by atoms with van der Waals surface area (Å²) in [6, 6.07) is 4.05. The molecule has 0 aromatic carbocycles. The van der Waals surface area contributed by atoms with Crippen molar-refractivity contribution in [1.29, 1.82) is 0 Å². The van der Waals surface area contributed by atoms with Gasteiger partial charge in [0.25, 0.3) is 0 Å². The Morgan fingerprint density at radius 2 is 2.20 bits per heavy atom. The highest BCUT2D eigenvalue weighted by Gasteiger charge is 2.55. The topological polar surface area (TPSA) is 46.0 Å². The Bertz CT molecular complexity index is 702. The third-order valence-electron chi connectivity index (χ3n) is 5.32. The Morgan fingerprint density at radius 1 is 1.30 bits per heavy atom. The number of furan rings is 1. The molecule has 5 heteroatoms. The van der Waals surface area contributed by atoms with E-state index in [1.165, 1.54) is 35.5 Å². The first kappa shape index (κ1) is 11.7. The Hall–Kier alpha value is -0.940. The minimum Gasteiger partial charge on any atom is -0.469 e. The van der Waals surface area contributed by atoms with Crippen molar-refractivity contribution in [3.05, 3.63) is 38.7 Å². The average molecular weight is 305 g/mol. The van der Waals surface area contributed by atoms with Crippen LogP contribution in [-0.4, -0.2) is 10.2 Å². The summed E-state index contributed by atoms with van der Waals surface area (Å²) < 4.78 is 5.74. The third-order valence-corrected chi connectivity index (χ3v) is 7.94. The fourth-order valence-electron chi connectivity index (χ4n) is 4.64. The van der Waals surface area contributed by atoms with Gasteiger partial charge in [-0.25, -0.2) is 0 Å². The highest BCUT2D eigenvalue weighted by molar-refractivity contribution is 8.00. The number of H-pyrrole nitrogens is 1. The van der Waals surface area contributed by atoms with E-state index in [0.29, 0.717) is 17.1 Å². The van der Waals surface area contributed by atoms with Crippen molar-refractivity contribution in [3.63, 3.8) is 0 Å². The summed E-state index contributed by atoms with van der Waals surface area (Å²) in [5.74, 6) is 3.65. The van der Waals surface area contributed by atoms with Gasteiger partial charge in [-0.2, -0.15) is 0 Å². The largest absolute Gasteiger partial charge is 0.469 e. The number of thiazole rings is 1. The summed E-state index contributed by atoms with van der Waals surface area (Å²) in [7, 11) is 0. The number of aromatic amines is 1. The predicted molar refractivity (Wildman–Crippen MR) is 79.5 cm³/mol. The SMILES string of the molecule is O=c1[nH]c2c(s1)[C@@H](c1ccco1)[C@H]1[C@@H]3CC[C@H](C3)[C@@H]1S2. The van der Waals surface area contributed by atoms with Gasteiger partial charge in [-0.15, -0.1) is 11.8 Å². The monoisotopic (exact) mass is 305 g/mol. The molecule has 2 aliphatic carbocycles. The standard InChI is InChI=1S/C15H15NO2S2/c17-15-16-14-13(20-15)11(9-2-1-5-18-9)10-7-3-4-8(6-7)12(10)19-14/h1-2,5,7-8,10-12H,3-4,6H2,(H,16,17)/t7-,8-,10-,11+,12+/m1/s1. The molecular weight excluding hydrogens is 290 g/mol. The summed E-state index contributed by atoms with van der Waals surface area (Å²) in [5, 5.41) is 1.77. The number of thioether (sulfide) groups is 1. The quantitative estimate of drug-likeness (QED) is 0.874. The summed E-state index contributed by atoms with van der Waals surface area (Å²) in [5.41, 5.74) is 0. The maximum atomic E-state index is 11.8. The Kier molecular flexibility index (Phi) is 2.36. The van der Waals surface area contributed by atoms with Crippen LogP contribution in [0.15, 0.2) is 32.6 Å². The maximum absolute atomic E-state index is 11.8. The van der Waals surface area contributed by atoms with E-state index in [1.807, 2.05) is 17.8 Å². The van der Waals surface area contributed by atoms with Gasteiger partial charge in [-0.05, 0) is 49.1 Å². The van der Waals surface area contributed by atoms with Gasteiger partial charge in [0.15, 0.2) is 0 Å². The summed E-state index contributed by atoms with van der Waals surface area (Å²) >= 11 is 3.31. The molecule has 0 saturated heterocycles. The fraction of sp³-hybridized carbons (Fsp3) is 0.533. The van der Waals surface area contributed by atoms with Gasteiger partial charge in [-0.3, -0.25) is 4.79 Å². The molecule has 2 aromatic heterocycles. The second-order valence-electron chi connectivity index (χ2n) is 6.19. The minimum absolute atomic E-state index is 0.0753. The van der Waals surface area contributed by atoms with E-state index in [9.17, 15) is 4.79 Å². The van der Waals surface area contributed by atoms with Crippen LogP contribution in [0.3, 0.4) is 0 Å². The van der Waals surface area contributed by atoms with Crippen LogP contribution in [-0.2, 0) is 0 Å². The first-order valence-corrected chi connectivity index (χ1v) is 8.94. The molecule has 1 N–H and O–H groups in total. The lowest BCUT2D eigenvalue weighted by Crippen LogP contribution is -2.33. The molecule has 5 atom stereocenters. The number of hydrogen-bond donors (Lipinski definition) is 1. The normalized spacial score (nSPS) is 37.9. The molecule has 1 aliphatic heterocycles. The zero-order valence-corrected chi connectivity index (χ0v) is 12.5. The molecular formula is C15H15NO2S2. The molecule has 3 heterocycles. The van der Waals surface area contributed by atoms with Gasteiger partial charge in [-0.1, -0.05) is 11.3 Å². The second kappa shape index (κ2) is 4.04. The molecule has 3 aliphatic rings. The van der Waals surface area contributed by atoms with Crippen LogP contribution >= 0.6 is 23.1 Å². The second-order valence-corrected chi connectivity index (χ2v) is 8.40. The molecule has 3 nitrogen and oxygen atoms in total. The van der Waals surface area contributed by atoms with Crippen LogP contribution in [0.5, 0.6) is 0 Å². The molecule has 2 fully saturated rings. The molecule has 0 radical (unpaired) electrons. The molecule has 20 heavy (non-hydrogen) atoms. The number of hydrogen-bond acceptors (Lipinski definition) is 4. The zero-order chi connectivity index (χ0) is 13.3. The van der Waals surface area contributed by atoms with Crippen molar-refractivity contribution in [3.8, 4) is 0 Å². The first-order chi connectivity index (χ1) is 9.81. The van der Waals surface area contributed by atoms with E-state index in [-0.39, 0.29) is 4.87 Å². The van der Waals surface area contributed by atoms with Crippen molar-refractivity contribution in [2.45, 2.75) is 35.5 Å². The molecule has 2 aromatic rings. The molecule has 0 unspecified atom stereocenters. The number of aromatic nitrogens is 1. The van der Waals surface area contributed by atoms with Gasteiger partial charge in [0, 0.05) is 5.25 Å². The zero-order valence-electron chi connectivity index (χ0n) is 10.9. The smallest absolute Gasteiger partial charge is 0.305 e. The van der Waals surface area contributed by atoms with Crippen LogP contribution in [0.1, 0.15) is 35.8 Å². The van der Waals surface area contributed by atoms with E-state index in [4.69, 9.17) is 4.42 Å². The van der Waals surface area contributed by atoms with E-state index in [1.54, 1.807) is 6.26 Å². The van der Waals surface area contributed by atoms with Gasteiger partial charge in [0.05, 0.1) is 22.1 Å². The van der Waals surface area contributed by atoms with Crippen molar-refractivity contribution in [2.24, 2.45) is 17.8 Å². The number of nitrogens with one attached hydrogen (secondary N) is 1. The summed E-state index contributed by atoms with van der Waals surface area (Å²) in [6.45, 7) is 0. The van der Waals surface area contributed by atoms with E-state index in [0.717, 1.165) is 22.6 Å². The molecule has 0 spiro atoms. The highest BCUT2D eigenvalue weighted by atomic mass is 32.2. The number of rotatable bonds is 1. The van der Waals surface area contributed by atoms with Crippen molar-refractivity contribution < 1.29 is 4.42 Å². The lowest BCUT2D eigenvalue weighted by molar-refractivity contribution is 0.283. The number of fused-ring (bicyclic) bond motifs is 6.